The zero-order valence-electron chi connectivity index (χ0n) is 12.1. The predicted octanol–water partition coefficient (Wildman–Crippen LogP) is 3.59. The lowest BCUT2D eigenvalue weighted by molar-refractivity contribution is 0.165. The third-order valence-corrected chi connectivity index (χ3v) is 4.30. The van der Waals surface area contributed by atoms with Gasteiger partial charge in [-0.2, -0.15) is 0 Å². The van der Waals surface area contributed by atoms with E-state index in [1.807, 2.05) is 6.92 Å². The molecule has 2 atom stereocenters. The highest BCUT2D eigenvalue weighted by molar-refractivity contribution is 7.11. The first-order chi connectivity index (χ1) is 9.95. The summed E-state index contributed by atoms with van der Waals surface area (Å²) in [4.78, 5) is 2.53. The molecule has 2 aromatic rings. The first kappa shape index (κ1) is 16.1. The van der Waals surface area contributed by atoms with Gasteiger partial charge in [-0.1, -0.05) is 0 Å². The number of thiophene rings is 1. The van der Waals surface area contributed by atoms with Crippen LogP contribution in [0.25, 0.3) is 0 Å². The van der Waals surface area contributed by atoms with Crippen LogP contribution in [0.1, 0.15) is 28.3 Å². The van der Waals surface area contributed by atoms with Gasteiger partial charge in [0.25, 0.3) is 0 Å². The summed E-state index contributed by atoms with van der Waals surface area (Å²) in [5, 5.41) is 13.1. The van der Waals surface area contributed by atoms with Crippen LogP contribution in [-0.2, 0) is 6.42 Å². The molecule has 0 bridgehead atoms. The number of rotatable bonds is 6. The van der Waals surface area contributed by atoms with E-state index in [1.165, 1.54) is 9.75 Å². The molecule has 1 aromatic carbocycles. The Morgan fingerprint density at radius 3 is 2.67 bits per heavy atom. The number of hydrogen-bond donors (Lipinski definition) is 2. The van der Waals surface area contributed by atoms with Crippen molar-refractivity contribution in [3.8, 4) is 0 Å². The Labute approximate surface area is 127 Å². The maximum absolute atomic E-state index is 13.5. The molecule has 114 valence electrons. The molecule has 0 spiro atoms. The van der Waals surface area contributed by atoms with Crippen molar-refractivity contribution in [3.05, 3.63) is 57.3 Å². The first-order valence-corrected chi connectivity index (χ1v) is 7.69. The Morgan fingerprint density at radius 2 is 2.00 bits per heavy atom. The second-order valence-corrected chi connectivity index (χ2v) is 6.58. The van der Waals surface area contributed by atoms with Gasteiger partial charge in [-0.25, -0.2) is 8.78 Å². The van der Waals surface area contributed by atoms with Crippen LogP contribution in [-0.4, -0.2) is 17.7 Å². The summed E-state index contributed by atoms with van der Waals surface area (Å²) in [6, 6.07) is 7.42. The summed E-state index contributed by atoms with van der Waals surface area (Å²) in [6.07, 6.45) is -0.218. The number of aryl methyl sites for hydroxylation is 1. The zero-order chi connectivity index (χ0) is 15.4. The lowest BCUT2D eigenvalue weighted by Gasteiger charge is -2.17. The van der Waals surface area contributed by atoms with E-state index in [1.54, 1.807) is 11.3 Å². The van der Waals surface area contributed by atoms with Gasteiger partial charge in [0.1, 0.15) is 11.6 Å². The van der Waals surface area contributed by atoms with E-state index in [9.17, 15) is 13.9 Å². The van der Waals surface area contributed by atoms with Crippen molar-refractivity contribution >= 4 is 11.3 Å². The van der Waals surface area contributed by atoms with Gasteiger partial charge in [-0.05, 0) is 50.6 Å². The minimum atomic E-state index is -1.06. The molecule has 2 unspecified atom stereocenters. The molecule has 2 rings (SSSR count). The Balaban J connectivity index is 1.88. The van der Waals surface area contributed by atoms with E-state index in [2.05, 4.69) is 24.4 Å². The minimum absolute atomic E-state index is 0.0123. The highest BCUT2D eigenvalue weighted by Gasteiger charge is 2.15. The van der Waals surface area contributed by atoms with Crippen LogP contribution < -0.4 is 5.32 Å². The average Bonchev–Trinajstić information content (AvgIpc) is 2.84. The quantitative estimate of drug-likeness (QED) is 0.854. The van der Waals surface area contributed by atoms with Gasteiger partial charge in [0.15, 0.2) is 0 Å². The normalized spacial score (nSPS) is 14.1. The van der Waals surface area contributed by atoms with Gasteiger partial charge in [-0.15, -0.1) is 11.3 Å². The molecule has 2 N–H and O–H groups in total. The molecule has 0 saturated carbocycles. The molecule has 0 aliphatic heterocycles. The molecule has 0 radical (unpaired) electrons. The summed E-state index contributed by atoms with van der Waals surface area (Å²) < 4.78 is 26.6. The van der Waals surface area contributed by atoms with Crippen LogP contribution >= 0.6 is 11.3 Å². The summed E-state index contributed by atoms with van der Waals surface area (Å²) in [5.74, 6) is -1.14. The van der Waals surface area contributed by atoms with E-state index < -0.39 is 17.7 Å². The number of benzene rings is 1. The molecule has 5 heteroatoms. The SMILES string of the molecule is Cc1ccc(CC(C)NCC(O)c2cc(F)ccc2F)s1. The smallest absolute Gasteiger partial charge is 0.129 e. The molecule has 0 saturated heterocycles. The number of halogens is 2. The fourth-order valence-electron chi connectivity index (χ4n) is 2.16. The van der Waals surface area contributed by atoms with Gasteiger partial charge in [-0.3, -0.25) is 0 Å². The van der Waals surface area contributed by atoms with Crippen LogP contribution in [0, 0.1) is 18.6 Å². The zero-order valence-corrected chi connectivity index (χ0v) is 12.9. The lowest BCUT2D eigenvalue weighted by atomic mass is 10.1. The third-order valence-electron chi connectivity index (χ3n) is 3.28. The highest BCUT2D eigenvalue weighted by atomic mass is 32.1. The second kappa shape index (κ2) is 7.11. The standard InChI is InChI=1S/C16H19F2NOS/c1-10(7-13-5-3-11(2)21-13)19-9-16(20)14-8-12(17)4-6-15(14)18/h3-6,8,10,16,19-20H,7,9H2,1-2H3. The molecule has 0 fully saturated rings. The van der Waals surface area contributed by atoms with Gasteiger partial charge in [0, 0.05) is 27.9 Å². The molecular weight excluding hydrogens is 292 g/mol. The van der Waals surface area contributed by atoms with Crippen LogP contribution in [0.2, 0.25) is 0 Å². The topological polar surface area (TPSA) is 32.3 Å². The van der Waals surface area contributed by atoms with E-state index >= 15 is 0 Å². The molecular formula is C16H19F2NOS. The third kappa shape index (κ3) is 4.59. The number of aliphatic hydroxyl groups is 1. The number of nitrogens with one attached hydrogen (secondary N) is 1. The first-order valence-electron chi connectivity index (χ1n) is 6.87. The average molecular weight is 311 g/mol. The molecule has 0 aliphatic rings. The maximum atomic E-state index is 13.5. The molecule has 0 amide bonds. The van der Waals surface area contributed by atoms with Crippen molar-refractivity contribution < 1.29 is 13.9 Å². The van der Waals surface area contributed by atoms with Crippen LogP contribution in [0.3, 0.4) is 0 Å². The van der Waals surface area contributed by atoms with E-state index in [4.69, 9.17) is 0 Å². The molecule has 0 aliphatic carbocycles. The molecule has 1 aromatic heterocycles. The van der Waals surface area contributed by atoms with Crippen molar-refractivity contribution in [2.75, 3.05) is 6.54 Å². The monoisotopic (exact) mass is 311 g/mol. The van der Waals surface area contributed by atoms with Crippen molar-refractivity contribution in [2.45, 2.75) is 32.4 Å². The Hall–Kier alpha value is -1.30. The van der Waals surface area contributed by atoms with Gasteiger partial charge < -0.3 is 10.4 Å². The Kier molecular flexibility index (Phi) is 5.45. The largest absolute Gasteiger partial charge is 0.387 e. The maximum Gasteiger partial charge on any atom is 0.129 e. The number of aliphatic hydroxyl groups excluding tert-OH is 1. The van der Waals surface area contributed by atoms with Gasteiger partial charge in [0.05, 0.1) is 6.10 Å². The second-order valence-electron chi connectivity index (χ2n) is 5.21. The van der Waals surface area contributed by atoms with Crippen LogP contribution in [0.5, 0.6) is 0 Å². The summed E-state index contributed by atoms with van der Waals surface area (Å²) in [6.45, 7) is 4.25. The van der Waals surface area contributed by atoms with Gasteiger partial charge >= 0.3 is 0 Å². The molecule has 2 nitrogen and oxygen atoms in total. The molecule has 1 heterocycles. The van der Waals surface area contributed by atoms with Crippen LogP contribution in [0.4, 0.5) is 8.78 Å². The van der Waals surface area contributed by atoms with Crippen molar-refractivity contribution in [3.63, 3.8) is 0 Å². The Morgan fingerprint density at radius 1 is 1.24 bits per heavy atom. The van der Waals surface area contributed by atoms with Gasteiger partial charge in [0.2, 0.25) is 0 Å². The fraction of sp³-hybridized carbons (Fsp3) is 0.375. The van der Waals surface area contributed by atoms with Crippen molar-refractivity contribution in [2.24, 2.45) is 0 Å². The highest BCUT2D eigenvalue weighted by Crippen LogP contribution is 2.19. The lowest BCUT2D eigenvalue weighted by Crippen LogP contribution is -2.32. The predicted molar refractivity (Wildman–Crippen MR) is 81.5 cm³/mol. The van der Waals surface area contributed by atoms with E-state index in [0.29, 0.717) is 0 Å². The summed E-state index contributed by atoms with van der Waals surface area (Å²) in [5.41, 5.74) is -0.0123. The summed E-state index contributed by atoms with van der Waals surface area (Å²) >= 11 is 1.74. The number of hydrogen-bond acceptors (Lipinski definition) is 3. The fourth-order valence-corrected chi connectivity index (χ4v) is 3.18. The van der Waals surface area contributed by atoms with Crippen molar-refractivity contribution in [1.82, 2.24) is 5.32 Å². The van der Waals surface area contributed by atoms with Crippen molar-refractivity contribution in [1.29, 1.82) is 0 Å². The Bertz CT molecular complexity index is 600. The van der Waals surface area contributed by atoms with E-state index in [0.717, 1.165) is 24.6 Å². The summed E-state index contributed by atoms with van der Waals surface area (Å²) in [7, 11) is 0. The molecule has 21 heavy (non-hydrogen) atoms. The van der Waals surface area contributed by atoms with Crippen LogP contribution in [0.15, 0.2) is 30.3 Å². The minimum Gasteiger partial charge on any atom is -0.387 e. The van der Waals surface area contributed by atoms with E-state index in [-0.39, 0.29) is 18.2 Å².